The summed E-state index contributed by atoms with van der Waals surface area (Å²) < 4.78 is 0. The molecule has 0 aromatic heterocycles. The van der Waals surface area contributed by atoms with E-state index in [1.54, 1.807) is 0 Å². The van der Waals surface area contributed by atoms with E-state index in [2.05, 4.69) is 34.3 Å². The zero-order valence-electron chi connectivity index (χ0n) is 11.3. The van der Waals surface area contributed by atoms with Gasteiger partial charge in [0.1, 0.15) is 0 Å². The van der Waals surface area contributed by atoms with Crippen molar-refractivity contribution in [1.82, 2.24) is 0 Å². The summed E-state index contributed by atoms with van der Waals surface area (Å²) in [4.78, 5) is 5.05. The van der Waals surface area contributed by atoms with Crippen molar-refractivity contribution in [2.24, 2.45) is 15.8 Å². The second-order valence-electron chi connectivity index (χ2n) is 6.50. The summed E-state index contributed by atoms with van der Waals surface area (Å²) in [5.41, 5.74) is 3.01. The van der Waals surface area contributed by atoms with E-state index < -0.39 is 0 Å². The lowest BCUT2D eigenvalue weighted by atomic mass is 9.51. The van der Waals surface area contributed by atoms with Gasteiger partial charge in [-0.05, 0) is 12.8 Å². The van der Waals surface area contributed by atoms with E-state index in [9.17, 15) is 0 Å². The highest BCUT2D eigenvalue weighted by Gasteiger charge is 2.53. The molecule has 0 unspecified atom stereocenters. The van der Waals surface area contributed by atoms with Gasteiger partial charge in [-0.3, -0.25) is 4.99 Å². The maximum absolute atomic E-state index is 5.05. The maximum atomic E-state index is 5.05. The molecule has 1 nitrogen and oxygen atoms in total. The number of rotatable bonds is 1. The highest BCUT2D eigenvalue weighted by atomic mass is 14.9. The summed E-state index contributed by atoms with van der Waals surface area (Å²) in [6, 6.07) is 0.593. The molecule has 16 heavy (non-hydrogen) atoms. The minimum atomic E-state index is 0.140. The Morgan fingerprint density at radius 1 is 1.00 bits per heavy atom. The van der Waals surface area contributed by atoms with Gasteiger partial charge in [-0.1, -0.05) is 59.1 Å². The summed E-state index contributed by atoms with van der Waals surface area (Å²) in [7, 11) is 0. The first kappa shape index (κ1) is 11.9. The fraction of sp³-hybridized carbons (Fsp3) is 0.800. The largest absolute Gasteiger partial charge is 0.289 e. The normalized spacial score (nSPS) is 28.8. The lowest BCUT2D eigenvalue weighted by Gasteiger charge is -2.54. The molecule has 0 saturated heterocycles. The van der Waals surface area contributed by atoms with Crippen LogP contribution in [0.4, 0.5) is 0 Å². The van der Waals surface area contributed by atoms with Gasteiger partial charge in [0.25, 0.3) is 0 Å². The summed E-state index contributed by atoms with van der Waals surface area (Å²) in [5.74, 6) is 0. The summed E-state index contributed by atoms with van der Waals surface area (Å²) in [6.45, 7) is 13.3. The molecule has 2 rings (SSSR count). The molecule has 0 radical (unpaired) electrons. The van der Waals surface area contributed by atoms with Gasteiger partial charge in [0.2, 0.25) is 0 Å². The molecular weight excluding hydrogens is 194 g/mol. The number of allylic oxidation sites excluding steroid dienone is 1. The van der Waals surface area contributed by atoms with E-state index >= 15 is 0 Å². The Kier molecular flexibility index (Phi) is 2.76. The quantitative estimate of drug-likeness (QED) is 0.580. The fourth-order valence-corrected chi connectivity index (χ4v) is 3.50. The van der Waals surface area contributed by atoms with Crippen molar-refractivity contribution in [3.63, 3.8) is 0 Å². The van der Waals surface area contributed by atoms with Crippen molar-refractivity contribution in [3.05, 3.63) is 12.2 Å². The minimum Gasteiger partial charge on any atom is -0.289 e. The molecule has 2 fully saturated rings. The summed E-state index contributed by atoms with van der Waals surface area (Å²) >= 11 is 0. The van der Waals surface area contributed by atoms with Crippen LogP contribution in [-0.2, 0) is 0 Å². The van der Waals surface area contributed by atoms with E-state index in [-0.39, 0.29) is 10.8 Å². The molecule has 0 aliphatic heterocycles. The van der Waals surface area contributed by atoms with Crippen LogP contribution in [0, 0.1) is 10.8 Å². The fourth-order valence-electron chi connectivity index (χ4n) is 3.50. The van der Waals surface area contributed by atoms with Gasteiger partial charge in [-0.2, -0.15) is 0 Å². The van der Waals surface area contributed by atoms with Gasteiger partial charge in [-0.25, -0.2) is 0 Å². The van der Waals surface area contributed by atoms with Crippen molar-refractivity contribution in [2.45, 2.75) is 65.8 Å². The number of hydrogen-bond acceptors (Lipinski definition) is 1. The molecule has 0 aromatic carbocycles. The topological polar surface area (TPSA) is 12.4 Å². The molecular formula is C15H25N. The van der Waals surface area contributed by atoms with Crippen molar-refractivity contribution in [1.29, 1.82) is 0 Å². The first-order valence-corrected chi connectivity index (χ1v) is 6.65. The molecule has 2 aliphatic carbocycles. The molecule has 0 N–H and O–H groups in total. The van der Waals surface area contributed by atoms with Crippen molar-refractivity contribution < 1.29 is 0 Å². The van der Waals surface area contributed by atoms with Crippen LogP contribution >= 0.6 is 0 Å². The summed E-state index contributed by atoms with van der Waals surface area (Å²) in [6.07, 6.45) is 6.72. The molecule has 0 amide bonds. The third-order valence-electron chi connectivity index (χ3n) is 4.58. The van der Waals surface area contributed by atoms with Crippen LogP contribution in [-0.4, -0.2) is 11.8 Å². The number of hydrogen-bond donors (Lipinski definition) is 0. The van der Waals surface area contributed by atoms with Gasteiger partial charge in [0.15, 0.2) is 0 Å². The van der Waals surface area contributed by atoms with Crippen LogP contribution < -0.4 is 0 Å². The zero-order chi connectivity index (χ0) is 12.0. The predicted molar refractivity (Wildman–Crippen MR) is 71.0 cm³/mol. The van der Waals surface area contributed by atoms with Crippen molar-refractivity contribution >= 4 is 5.71 Å². The van der Waals surface area contributed by atoms with Crippen molar-refractivity contribution in [3.8, 4) is 0 Å². The Hall–Kier alpha value is -0.590. The van der Waals surface area contributed by atoms with Gasteiger partial charge < -0.3 is 0 Å². The highest BCUT2D eigenvalue weighted by Crippen LogP contribution is 2.55. The van der Waals surface area contributed by atoms with Gasteiger partial charge in [0, 0.05) is 22.6 Å². The number of nitrogens with zero attached hydrogens (tertiary/aromatic N) is 1. The van der Waals surface area contributed by atoms with Crippen LogP contribution in [0.2, 0.25) is 0 Å². The Bertz CT molecular complexity index is 307. The third kappa shape index (κ3) is 1.65. The average Bonchev–Trinajstić information content (AvgIpc) is 2.26. The maximum Gasteiger partial charge on any atom is 0.0499 e. The molecule has 0 bridgehead atoms. The molecule has 2 aliphatic rings. The summed E-state index contributed by atoms with van der Waals surface area (Å²) in [5, 5.41) is 0. The molecule has 0 atom stereocenters. The second-order valence-corrected chi connectivity index (χ2v) is 6.50. The van der Waals surface area contributed by atoms with E-state index in [1.807, 2.05) is 0 Å². The second kappa shape index (κ2) is 3.72. The zero-order valence-corrected chi connectivity index (χ0v) is 11.3. The molecule has 90 valence electrons. The lowest BCUT2D eigenvalue weighted by molar-refractivity contribution is 0.353. The van der Waals surface area contributed by atoms with E-state index in [4.69, 9.17) is 4.99 Å². The van der Waals surface area contributed by atoms with Crippen LogP contribution in [0.5, 0.6) is 0 Å². The third-order valence-corrected chi connectivity index (χ3v) is 4.58. The molecule has 2 saturated carbocycles. The van der Waals surface area contributed by atoms with Crippen LogP contribution in [0.25, 0.3) is 0 Å². The molecule has 0 heterocycles. The van der Waals surface area contributed by atoms with Crippen LogP contribution in [0.1, 0.15) is 59.8 Å². The standard InChI is InChI=1S/C15H25N/c1-11-14(2,3)13(15(11,4)5)16-12-9-7-6-8-10-12/h12H,1,6-10H2,2-5H3. The van der Waals surface area contributed by atoms with Gasteiger partial charge >= 0.3 is 0 Å². The van der Waals surface area contributed by atoms with Crippen LogP contribution in [0.3, 0.4) is 0 Å². The Morgan fingerprint density at radius 2 is 1.50 bits per heavy atom. The highest BCUT2D eigenvalue weighted by molar-refractivity contribution is 6.07. The van der Waals surface area contributed by atoms with Crippen LogP contribution in [0.15, 0.2) is 17.1 Å². The van der Waals surface area contributed by atoms with Crippen molar-refractivity contribution in [2.75, 3.05) is 0 Å². The Morgan fingerprint density at radius 3 is 2.00 bits per heavy atom. The Balaban J connectivity index is 2.19. The monoisotopic (exact) mass is 219 g/mol. The van der Waals surface area contributed by atoms with E-state index in [0.717, 1.165) is 0 Å². The SMILES string of the molecule is C=C1C(C)(C)C(=NC2CCCCC2)C1(C)C. The Labute approximate surface area is 100 Å². The first-order chi connectivity index (χ1) is 7.37. The minimum absolute atomic E-state index is 0.140. The average molecular weight is 219 g/mol. The van der Waals surface area contributed by atoms with Gasteiger partial charge in [0.05, 0.1) is 0 Å². The molecule has 0 aromatic rings. The first-order valence-electron chi connectivity index (χ1n) is 6.65. The van der Waals surface area contributed by atoms with E-state index in [1.165, 1.54) is 43.4 Å². The number of aliphatic imine (C=N–C) groups is 1. The van der Waals surface area contributed by atoms with Gasteiger partial charge in [-0.15, -0.1) is 0 Å². The predicted octanol–water partition coefficient (Wildman–Crippen LogP) is 4.38. The van der Waals surface area contributed by atoms with E-state index in [0.29, 0.717) is 6.04 Å². The molecule has 1 heteroatoms. The molecule has 0 spiro atoms. The lowest BCUT2D eigenvalue weighted by Crippen LogP contribution is -2.54. The smallest absolute Gasteiger partial charge is 0.0499 e.